The summed E-state index contributed by atoms with van der Waals surface area (Å²) in [6.07, 6.45) is 2.62. The predicted octanol–water partition coefficient (Wildman–Crippen LogP) is 3.90. The first-order chi connectivity index (χ1) is 10.6. The Hall–Kier alpha value is -1.36. The molecule has 1 unspecified atom stereocenters. The number of benzene rings is 1. The van der Waals surface area contributed by atoms with Gasteiger partial charge in [-0.3, -0.25) is 0 Å². The van der Waals surface area contributed by atoms with Gasteiger partial charge < -0.3 is 10.2 Å². The zero-order valence-corrected chi connectivity index (χ0v) is 13.4. The molecule has 2 aromatic rings. The number of hydrogen-bond acceptors (Lipinski definition) is 3. The molecule has 2 heterocycles. The number of anilines is 1. The number of nitrogens with one attached hydrogen (secondary N) is 1. The van der Waals surface area contributed by atoms with Crippen molar-refractivity contribution in [2.75, 3.05) is 18.0 Å². The minimum absolute atomic E-state index is 0.388. The molecule has 3 rings (SSSR count). The number of pyridine rings is 1. The van der Waals surface area contributed by atoms with Crippen LogP contribution < -0.4 is 10.2 Å². The van der Waals surface area contributed by atoms with Gasteiger partial charge in [0, 0.05) is 25.7 Å². The summed E-state index contributed by atoms with van der Waals surface area (Å²) in [5.74, 6) is -0.447. The van der Waals surface area contributed by atoms with Crippen LogP contribution in [0, 0.1) is 5.95 Å². The summed E-state index contributed by atoms with van der Waals surface area (Å²) >= 11 is 11.9. The Bertz CT molecular complexity index is 648. The summed E-state index contributed by atoms with van der Waals surface area (Å²) < 4.78 is 12.9. The zero-order valence-electron chi connectivity index (χ0n) is 11.9. The highest BCUT2D eigenvalue weighted by atomic mass is 35.5. The Morgan fingerprint density at radius 2 is 2.09 bits per heavy atom. The highest BCUT2D eigenvalue weighted by Crippen LogP contribution is 2.23. The topological polar surface area (TPSA) is 28.2 Å². The maximum atomic E-state index is 12.9. The predicted molar refractivity (Wildman–Crippen MR) is 88.1 cm³/mol. The molecule has 0 saturated carbocycles. The van der Waals surface area contributed by atoms with E-state index in [0.717, 1.165) is 37.3 Å². The van der Waals surface area contributed by atoms with Gasteiger partial charge in [0.25, 0.3) is 0 Å². The van der Waals surface area contributed by atoms with Crippen LogP contribution in [-0.2, 0) is 6.54 Å². The Morgan fingerprint density at radius 1 is 1.23 bits per heavy atom. The molecular formula is C16H16Cl2FN3. The maximum Gasteiger partial charge on any atom is 0.212 e. The van der Waals surface area contributed by atoms with E-state index in [1.54, 1.807) is 12.3 Å². The third-order valence-corrected chi connectivity index (χ3v) is 4.58. The Labute approximate surface area is 139 Å². The normalized spacial score (nSPS) is 18.0. The van der Waals surface area contributed by atoms with Gasteiger partial charge in [-0.15, -0.1) is 0 Å². The van der Waals surface area contributed by atoms with Gasteiger partial charge in [0.1, 0.15) is 0 Å². The van der Waals surface area contributed by atoms with Crippen LogP contribution >= 0.6 is 23.2 Å². The molecular weight excluding hydrogens is 324 g/mol. The van der Waals surface area contributed by atoms with E-state index in [2.05, 4.69) is 15.2 Å². The number of halogens is 3. The monoisotopic (exact) mass is 339 g/mol. The van der Waals surface area contributed by atoms with Crippen molar-refractivity contribution in [3.63, 3.8) is 0 Å². The van der Waals surface area contributed by atoms with Crippen LogP contribution in [0.1, 0.15) is 12.0 Å². The maximum absolute atomic E-state index is 12.9. The van der Waals surface area contributed by atoms with Crippen LogP contribution in [0.2, 0.25) is 10.0 Å². The van der Waals surface area contributed by atoms with E-state index in [1.807, 2.05) is 18.2 Å². The summed E-state index contributed by atoms with van der Waals surface area (Å²) in [5, 5.41) is 4.66. The largest absolute Gasteiger partial charge is 0.369 e. The van der Waals surface area contributed by atoms with Gasteiger partial charge in [0.15, 0.2) is 0 Å². The minimum Gasteiger partial charge on any atom is -0.369 e. The second kappa shape index (κ2) is 6.82. The first kappa shape index (κ1) is 15.5. The molecule has 1 aromatic carbocycles. The first-order valence-electron chi connectivity index (χ1n) is 7.15. The molecule has 0 radical (unpaired) electrons. The lowest BCUT2D eigenvalue weighted by atomic mass is 10.2. The molecule has 1 fully saturated rings. The molecule has 22 heavy (non-hydrogen) atoms. The van der Waals surface area contributed by atoms with Crippen molar-refractivity contribution >= 4 is 28.9 Å². The van der Waals surface area contributed by atoms with Crippen LogP contribution in [0.3, 0.4) is 0 Å². The molecule has 0 amide bonds. The van der Waals surface area contributed by atoms with Crippen LogP contribution in [-0.4, -0.2) is 24.1 Å². The molecule has 1 atom stereocenters. The minimum atomic E-state index is -0.447. The standard InChI is InChI=1S/C16H16Cl2FN3/c17-14-3-1-11(7-15(14)18)8-20-12-5-6-22(10-12)13-2-4-16(19)21-9-13/h1-4,7,9,12,20H,5-6,8,10H2. The van der Waals surface area contributed by atoms with Crippen molar-refractivity contribution in [3.8, 4) is 0 Å². The quantitative estimate of drug-likeness (QED) is 0.856. The molecule has 116 valence electrons. The van der Waals surface area contributed by atoms with E-state index in [9.17, 15) is 4.39 Å². The van der Waals surface area contributed by atoms with Crippen molar-refractivity contribution in [1.82, 2.24) is 10.3 Å². The second-order valence-electron chi connectivity index (χ2n) is 5.40. The molecule has 1 aromatic heterocycles. The van der Waals surface area contributed by atoms with Gasteiger partial charge in [0.05, 0.1) is 21.9 Å². The Balaban J connectivity index is 1.54. The SMILES string of the molecule is Fc1ccc(N2CCC(NCc3ccc(Cl)c(Cl)c3)C2)cn1. The smallest absolute Gasteiger partial charge is 0.212 e. The highest BCUT2D eigenvalue weighted by molar-refractivity contribution is 6.42. The Morgan fingerprint density at radius 3 is 2.82 bits per heavy atom. The average Bonchev–Trinajstić information content (AvgIpc) is 2.98. The van der Waals surface area contributed by atoms with Gasteiger partial charge in [-0.25, -0.2) is 4.98 Å². The molecule has 6 heteroatoms. The first-order valence-corrected chi connectivity index (χ1v) is 7.91. The molecule has 0 aliphatic carbocycles. The van der Waals surface area contributed by atoms with Crippen LogP contribution in [0.25, 0.3) is 0 Å². The fraction of sp³-hybridized carbons (Fsp3) is 0.312. The summed E-state index contributed by atoms with van der Waals surface area (Å²) in [4.78, 5) is 5.91. The van der Waals surface area contributed by atoms with Gasteiger partial charge >= 0.3 is 0 Å². The molecule has 1 saturated heterocycles. The van der Waals surface area contributed by atoms with E-state index in [0.29, 0.717) is 16.1 Å². The molecule has 1 aliphatic heterocycles. The van der Waals surface area contributed by atoms with Crippen molar-refractivity contribution in [2.24, 2.45) is 0 Å². The number of hydrogen-bond donors (Lipinski definition) is 1. The third kappa shape index (κ3) is 3.69. The Kier molecular flexibility index (Phi) is 4.81. The second-order valence-corrected chi connectivity index (χ2v) is 6.21. The lowest BCUT2D eigenvalue weighted by Crippen LogP contribution is -2.32. The number of nitrogens with zero attached hydrogens (tertiary/aromatic N) is 2. The van der Waals surface area contributed by atoms with Gasteiger partial charge in [0.2, 0.25) is 5.95 Å². The summed E-state index contributed by atoms with van der Waals surface area (Å²) in [6, 6.07) is 9.21. The molecule has 1 aliphatic rings. The summed E-state index contributed by atoms with van der Waals surface area (Å²) in [6.45, 7) is 2.57. The number of aromatic nitrogens is 1. The molecule has 0 spiro atoms. The third-order valence-electron chi connectivity index (χ3n) is 3.84. The summed E-state index contributed by atoms with van der Waals surface area (Å²) in [7, 11) is 0. The van der Waals surface area contributed by atoms with Gasteiger partial charge in [-0.05, 0) is 36.2 Å². The van der Waals surface area contributed by atoms with E-state index >= 15 is 0 Å². The molecule has 1 N–H and O–H groups in total. The van der Waals surface area contributed by atoms with E-state index in [-0.39, 0.29) is 0 Å². The fourth-order valence-electron chi connectivity index (χ4n) is 2.63. The van der Waals surface area contributed by atoms with Gasteiger partial charge in [-0.1, -0.05) is 29.3 Å². The lowest BCUT2D eigenvalue weighted by Gasteiger charge is -2.18. The van der Waals surface area contributed by atoms with Gasteiger partial charge in [-0.2, -0.15) is 4.39 Å². The van der Waals surface area contributed by atoms with E-state index in [4.69, 9.17) is 23.2 Å². The van der Waals surface area contributed by atoms with Crippen LogP contribution in [0.5, 0.6) is 0 Å². The van der Waals surface area contributed by atoms with Crippen molar-refractivity contribution in [1.29, 1.82) is 0 Å². The van der Waals surface area contributed by atoms with Crippen LogP contribution in [0.4, 0.5) is 10.1 Å². The lowest BCUT2D eigenvalue weighted by molar-refractivity contribution is 0.551. The van der Waals surface area contributed by atoms with Crippen LogP contribution in [0.15, 0.2) is 36.5 Å². The van der Waals surface area contributed by atoms with Crippen molar-refractivity contribution < 1.29 is 4.39 Å². The average molecular weight is 340 g/mol. The van der Waals surface area contributed by atoms with E-state index < -0.39 is 5.95 Å². The van der Waals surface area contributed by atoms with E-state index in [1.165, 1.54) is 6.07 Å². The fourth-order valence-corrected chi connectivity index (χ4v) is 2.95. The van der Waals surface area contributed by atoms with Crippen molar-refractivity contribution in [3.05, 3.63) is 58.1 Å². The number of rotatable bonds is 4. The molecule has 0 bridgehead atoms. The van der Waals surface area contributed by atoms with Crippen molar-refractivity contribution in [2.45, 2.75) is 19.0 Å². The summed E-state index contributed by atoms with van der Waals surface area (Å²) in [5.41, 5.74) is 2.07. The molecule has 3 nitrogen and oxygen atoms in total. The highest BCUT2D eigenvalue weighted by Gasteiger charge is 2.22. The zero-order chi connectivity index (χ0) is 15.5.